The minimum Gasteiger partial charge on any atom is -0.497 e. The monoisotopic (exact) mass is 191 g/mol. The summed E-state index contributed by atoms with van der Waals surface area (Å²) in [6.07, 6.45) is 0. The van der Waals surface area contributed by atoms with Gasteiger partial charge in [0.1, 0.15) is 17.1 Å². The quantitative estimate of drug-likeness (QED) is 0.793. The Morgan fingerprint density at radius 2 is 2.14 bits per heavy atom. The molecule has 0 amide bonds. The van der Waals surface area contributed by atoms with E-state index in [1.807, 2.05) is 31.2 Å². The van der Waals surface area contributed by atoms with E-state index in [-0.39, 0.29) is 6.04 Å². The van der Waals surface area contributed by atoms with Gasteiger partial charge in [0.2, 0.25) is 0 Å². The van der Waals surface area contributed by atoms with Crippen LogP contribution in [0.4, 0.5) is 0 Å². The molecule has 0 aliphatic heterocycles. The summed E-state index contributed by atoms with van der Waals surface area (Å²) in [5.41, 5.74) is 6.54. The minimum absolute atomic E-state index is 0.0756. The molecule has 1 aromatic heterocycles. The Morgan fingerprint density at radius 1 is 1.36 bits per heavy atom. The van der Waals surface area contributed by atoms with Crippen molar-refractivity contribution in [3.63, 3.8) is 0 Å². The summed E-state index contributed by atoms with van der Waals surface area (Å²) in [6.45, 7) is 1.90. The lowest BCUT2D eigenvalue weighted by Gasteiger charge is -1.98. The van der Waals surface area contributed by atoms with Gasteiger partial charge in [0.05, 0.1) is 13.2 Å². The first-order chi connectivity index (χ1) is 6.70. The Hall–Kier alpha value is -1.48. The topological polar surface area (TPSA) is 48.4 Å². The first-order valence-electron chi connectivity index (χ1n) is 4.54. The third-order valence-corrected chi connectivity index (χ3v) is 2.20. The molecule has 0 spiro atoms. The van der Waals surface area contributed by atoms with E-state index in [0.29, 0.717) is 0 Å². The molecule has 1 heterocycles. The van der Waals surface area contributed by atoms with Gasteiger partial charge in [-0.1, -0.05) is 0 Å². The highest BCUT2D eigenvalue weighted by molar-refractivity contribution is 5.79. The number of hydrogen-bond acceptors (Lipinski definition) is 3. The Balaban J connectivity index is 2.54. The average Bonchev–Trinajstić information content (AvgIpc) is 2.59. The molecule has 2 aromatic rings. The summed E-state index contributed by atoms with van der Waals surface area (Å²) < 4.78 is 10.7. The normalized spacial score (nSPS) is 13.1. The van der Waals surface area contributed by atoms with Gasteiger partial charge in [-0.2, -0.15) is 0 Å². The van der Waals surface area contributed by atoms with Crippen molar-refractivity contribution in [3.05, 3.63) is 30.0 Å². The van der Waals surface area contributed by atoms with Crippen LogP contribution in [0.15, 0.2) is 28.7 Å². The molecule has 0 saturated heterocycles. The van der Waals surface area contributed by atoms with Crippen molar-refractivity contribution >= 4 is 11.0 Å². The van der Waals surface area contributed by atoms with Crippen LogP contribution in [0.3, 0.4) is 0 Å². The minimum atomic E-state index is -0.0756. The molecule has 2 rings (SSSR count). The van der Waals surface area contributed by atoms with Crippen LogP contribution in [0.2, 0.25) is 0 Å². The van der Waals surface area contributed by atoms with Crippen LogP contribution in [0.5, 0.6) is 5.75 Å². The van der Waals surface area contributed by atoms with Crippen LogP contribution in [0.25, 0.3) is 11.0 Å². The zero-order valence-electron chi connectivity index (χ0n) is 8.28. The lowest BCUT2D eigenvalue weighted by molar-refractivity contribution is 0.414. The third-order valence-electron chi connectivity index (χ3n) is 2.20. The molecular weight excluding hydrogens is 178 g/mol. The molecule has 0 bridgehead atoms. The number of nitrogens with two attached hydrogens (primary N) is 1. The number of benzene rings is 1. The average molecular weight is 191 g/mol. The van der Waals surface area contributed by atoms with Gasteiger partial charge >= 0.3 is 0 Å². The van der Waals surface area contributed by atoms with Gasteiger partial charge in [-0.25, -0.2) is 0 Å². The number of methoxy groups -OCH3 is 1. The maximum absolute atomic E-state index is 5.72. The van der Waals surface area contributed by atoms with E-state index in [1.54, 1.807) is 7.11 Å². The van der Waals surface area contributed by atoms with Crippen molar-refractivity contribution in [2.24, 2.45) is 5.73 Å². The first kappa shape index (κ1) is 9.09. The lowest BCUT2D eigenvalue weighted by atomic mass is 10.2. The van der Waals surface area contributed by atoms with Gasteiger partial charge in [-0.3, -0.25) is 0 Å². The lowest BCUT2D eigenvalue weighted by Crippen LogP contribution is -2.02. The summed E-state index contributed by atoms with van der Waals surface area (Å²) in [4.78, 5) is 0. The molecule has 14 heavy (non-hydrogen) atoms. The fourth-order valence-corrected chi connectivity index (χ4v) is 1.38. The SMILES string of the molecule is COc1ccc2cc(C(C)N)oc2c1. The molecule has 1 aromatic carbocycles. The van der Waals surface area contributed by atoms with Gasteiger partial charge in [0.15, 0.2) is 0 Å². The van der Waals surface area contributed by atoms with Crippen LogP contribution in [0, 0.1) is 0 Å². The van der Waals surface area contributed by atoms with Gasteiger partial charge < -0.3 is 14.9 Å². The molecule has 3 nitrogen and oxygen atoms in total. The second kappa shape index (κ2) is 3.35. The molecule has 1 atom stereocenters. The zero-order valence-corrected chi connectivity index (χ0v) is 8.28. The predicted molar refractivity (Wildman–Crippen MR) is 55.4 cm³/mol. The van der Waals surface area contributed by atoms with Crippen molar-refractivity contribution in [2.75, 3.05) is 7.11 Å². The van der Waals surface area contributed by atoms with Gasteiger partial charge in [0.25, 0.3) is 0 Å². The maximum atomic E-state index is 5.72. The molecule has 1 unspecified atom stereocenters. The van der Waals surface area contributed by atoms with E-state index in [4.69, 9.17) is 14.9 Å². The Labute approximate surface area is 82.5 Å². The van der Waals surface area contributed by atoms with E-state index in [1.165, 1.54) is 0 Å². The van der Waals surface area contributed by atoms with E-state index in [9.17, 15) is 0 Å². The van der Waals surface area contributed by atoms with Crippen molar-refractivity contribution in [2.45, 2.75) is 13.0 Å². The molecule has 0 aliphatic rings. The fourth-order valence-electron chi connectivity index (χ4n) is 1.38. The number of ether oxygens (including phenoxy) is 1. The second-order valence-corrected chi connectivity index (χ2v) is 3.34. The highest BCUT2D eigenvalue weighted by Gasteiger charge is 2.07. The summed E-state index contributed by atoms with van der Waals surface area (Å²) in [5, 5.41) is 1.05. The number of furan rings is 1. The molecule has 0 radical (unpaired) electrons. The number of fused-ring (bicyclic) bond motifs is 1. The van der Waals surface area contributed by atoms with Crippen molar-refractivity contribution in [1.29, 1.82) is 0 Å². The molecule has 0 saturated carbocycles. The van der Waals surface area contributed by atoms with Crippen LogP contribution in [-0.2, 0) is 0 Å². The second-order valence-electron chi connectivity index (χ2n) is 3.34. The number of hydrogen-bond donors (Lipinski definition) is 1. The first-order valence-corrected chi connectivity index (χ1v) is 4.54. The van der Waals surface area contributed by atoms with E-state index in [2.05, 4.69) is 0 Å². The summed E-state index contributed by atoms with van der Waals surface area (Å²) in [7, 11) is 1.64. The van der Waals surface area contributed by atoms with Crippen molar-refractivity contribution < 1.29 is 9.15 Å². The molecular formula is C11H13NO2. The van der Waals surface area contributed by atoms with E-state index >= 15 is 0 Å². The van der Waals surface area contributed by atoms with Crippen molar-refractivity contribution in [3.8, 4) is 5.75 Å². The van der Waals surface area contributed by atoms with Crippen LogP contribution in [-0.4, -0.2) is 7.11 Å². The highest BCUT2D eigenvalue weighted by Crippen LogP contribution is 2.26. The van der Waals surface area contributed by atoms with Crippen LogP contribution >= 0.6 is 0 Å². The maximum Gasteiger partial charge on any atom is 0.138 e. The Morgan fingerprint density at radius 3 is 2.79 bits per heavy atom. The van der Waals surface area contributed by atoms with Gasteiger partial charge in [-0.05, 0) is 25.1 Å². The molecule has 0 aliphatic carbocycles. The predicted octanol–water partition coefficient (Wildman–Crippen LogP) is 2.46. The standard InChI is InChI=1S/C11H13NO2/c1-7(12)10-5-8-3-4-9(13-2)6-11(8)14-10/h3-7H,12H2,1-2H3. The summed E-state index contributed by atoms with van der Waals surface area (Å²) >= 11 is 0. The van der Waals surface area contributed by atoms with E-state index in [0.717, 1.165) is 22.5 Å². The number of rotatable bonds is 2. The molecule has 74 valence electrons. The third kappa shape index (κ3) is 1.46. The highest BCUT2D eigenvalue weighted by atomic mass is 16.5. The summed E-state index contributed by atoms with van der Waals surface area (Å²) in [5.74, 6) is 1.59. The van der Waals surface area contributed by atoms with Gasteiger partial charge in [-0.15, -0.1) is 0 Å². The molecule has 2 N–H and O–H groups in total. The van der Waals surface area contributed by atoms with Crippen molar-refractivity contribution in [1.82, 2.24) is 0 Å². The summed E-state index contributed by atoms with van der Waals surface area (Å²) in [6, 6.07) is 7.61. The Bertz CT molecular complexity index is 445. The van der Waals surface area contributed by atoms with E-state index < -0.39 is 0 Å². The fraction of sp³-hybridized carbons (Fsp3) is 0.273. The molecule has 3 heteroatoms. The van der Waals surface area contributed by atoms with Crippen LogP contribution in [0.1, 0.15) is 18.7 Å². The van der Waals surface area contributed by atoms with Gasteiger partial charge in [0, 0.05) is 11.5 Å². The largest absolute Gasteiger partial charge is 0.497 e. The van der Waals surface area contributed by atoms with Crippen LogP contribution < -0.4 is 10.5 Å². The smallest absolute Gasteiger partial charge is 0.138 e. The zero-order chi connectivity index (χ0) is 10.1. The Kier molecular flexibility index (Phi) is 2.17. The molecule has 0 fully saturated rings.